The monoisotopic (exact) mass is 691 g/mol. The largest absolute Gasteiger partial charge is 0.432 e. The fraction of sp³-hybridized carbons (Fsp3) is 0.581. The van der Waals surface area contributed by atoms with Crippen molar-refractivity contribution in [1.29, 1.82) is 0 Å². The number of alkyl halides is 2. The Labute approximate surface area is 275 Å². The Morgan fingerprint density at radius 1 is 1.04 bits per heavy atom. The van der Waals surface area contributed by atoms with Crippen LogP contribution >= 0.6 is 0 Å². The summed E-state index contributed by atoms with van der Waals surface area (Å²) in [4.78, 5) is 47.0. The zero-order chi connectivity index (χ0) is 34.0. The predicted molar refractivity (Wildman–Crippen MR) is 170 cm³/mol. The molecule has 3 fully saturated rings. The highest BCUT2D eigenvalue weighted by molar-refractivity contribution is 7.89. The first-order valence-corrected chi connectivity index (χ1v) is 17.8. The number of aromatic nitrogens is 3. The summed E-state index contributed by atoms with van der Waals surface area (Å²) in [6.07, 6.45) is 6.15. The fourth-order valence-electron chi connectivity index (χ4n) is 6.95. The minimum atomic E-state index is -3.41. The Bertz CT molecular complexity index is 1800. The number of carbonyl (C=O) groups excluding carboxylic acids is 2. The van der Waals surface area contributed by atoms with Gasteiger partial charge in [-0.25, -0.2) is 27.5 Å². The lowest BCUT2D eigenvalue weighted by Crippen LogP contribution is -2.44. The maximum Gasteiger partial charge on any atom is 0.420 e. The number of rotatable bonds is 11. The number of hydrogen-bond acceptors (Lipinski definition) is 11. The van der Waals surface area contributed by atoms with E-state index < -0.39 is 34.3 Å². The molecule has 0 spiro atoms. The first-order chi connectivity index (χ1) is 23.0. The van der Waals surface area contributed by atoms with Crippen LogP contribution in [0.25, 0.3) is 11.1 Å². The molecule has 3 aromatic rings. The van der Waals surface area contributed by atoms with Gasteiger partial charge in [-0.15, -0.1) is 0 Å². The quantitative estimate of drug-likeness (QED) is 0.284. The minimum absolute atomic E-state index is 0.0368. The lowest BCUT2D eigenvalue weighted by molar-refractivity contribution is -0.135. The van der Waals surface area contributed by atoms with Gasteiger partial charge in [-0.05, 0) is 94.3 Å². The molecular weight excluding hydrogens is 652 g/mol. The number of sulfonamides is 1. The number of hydrogen-bond donors (Lipinski definition) is 2. The highest BCUT2D eigenvalue weighted by Crippen LogP contribution is 2.34. The van der Waals surface area contributed by atoms with E-state index in [4.69, 9.17) is 4.42 Å². The zero-order valence-electron chi connectivity index (χ0n) is 26.6. The van der Waals surface area contributed by atoms with Crippen molar-refractivity contribution in [2.75, 3.05) is 43.8 Å². The summed E-state index contributed by atoms with van der Waals surface area (Å²) in [5.74, 6) is -1.01. The number of likely N-dealkylation sites (tertiary alicyclic amines) is 1. The lowest BCUT2D eigenvalue weighted by Gasteiger charge is -2.33. The van der Waals surface area contributed by atoms with Gasteiger partial charge in [-0.1, -0.05) is 0 Å². The van der Waals surface area contributed by atoms with Crippen molar-refractivity contribution in [3.8, 4) is 5.75 Å². The van der Waals surface area contributed by atoms with E-state index in [0.29, 0.717) is 50.0 Å². The third-order valence-corrected chi connectivity index (χ3v) is 11.4. The number of fused-ring (bicyclic) bond motifs is 1. The predicted octanol–water partition coefficient (Wildman–Crippen LogP) is 2.75. The van der Waals surface area contributed by atoms with E-state index >= 15 is 0 Å². The summed E-state index contributed by atoms with van der Waals surface area (Å²) in [6.45, 7) is 2.09. The first-order valence-electron chi connectivity index (χ1n) is 16.2. The molecule has 1 aromatic carbocycles. The Balaban J connectivity index is 0.956. The van der Waals surface area contributed by atoms with Gasteiger partial charge in [0.25, 0.3) is 0 Å². The number of aryl methyl sites for hydroxylation is 1. The first kappa shape index (κ1) is 33.9. The van der Waals surface area contributed by atoms with Crippen LogP contribution in [-0.4, -0.2) is 95.1 Å². The third-order valence-electron chi connectivity index (χ3n) is 9.46. The Hall–Kier alpha value is -3.96. The van der Waals surface area contributed by atoms with Crippen molar-refractivity contribution >= 4 is 38.9 Å². The van der Waals surface area contributed by atoms with E-state index in [1.54, 1.807) is 0 Å². The molecule has 1 atom stereocenters. The lowest BCUT2D eigenvalue weighted by atomic mass is 9.86. The number of nitrogens with zero attached hydrogens (tertiary/aromatic N) is 5. The van der Waals surface area contributed by atoms with Gasteiger partial charge in [0.1, 0.15) is 6.04 Å². The summed E-state index contributed by atoms with van der Waals surface area (Å²) >= 11 is 0. The van der Waals surface area contributed by atoms with Crippen molar-refractivity contribution in [3.63, 3.8) is 0 Å². The van der Waals surface area contributed by atoms with Crippen LogP contribution in [0.4, 0.5) is 14.7 Å². The highest BCUT2D eigenvalue weighted by atomic mass is 32.2. The summed E-state index contributed by atoms with van der Waals surface area (Å²) in [6, 6.07) is 2.96. The van der Waals surface area contributed by atoms with E-state index in [2.05, 4.69) is 30.2 Å². The van der Waals surface area contributed by atoms with Crippen molar-refractivity contribution in [3.05, 3.63) is 46.2 Å². The summed E-state index contributed by atoms with van der Waals surface area (Å²) in [5, 5.41) is 5.43. The van der Waals surface area contributed by atoms with Crippen molar-refractivity contribution < 1.29 is 35.9 Å². The van der Waals surface area contributed by atoms with Gasteiger partial charge in [0.05, 0.1) is 23.7 Å². The Kier molecular flexibility index (Phi) is 10.1. The number of anilines is 1. The molecule has 3 saturated heterocycles. The number of oxazole rings is 1. The van der Waals surface area contributed by atoms with Crippen LogP contribution in [0.15, 0.2) is 33.7 Å². The van der Waals surface area contributed by atoms with Gasteiger partial charge in [0, 0.05) is 25.6 Å². The van der Waals surface area contributed by atoms with Crippen LogP contribution in [0.5, 0.6) is 5.75 Å². The molecule has 14 nitrogen and oxygen atoms in total. The molecule has 0 aliphatic carbocycles. The molecule has 5 heterocycles. The SMILES string of the molecule is Cc1cc2c(cc1C1CCN(CCCS(=O)(=O)N3CCC(Nc4ncc(OC(F)F)cn4)CC3)CC1)oc(=O)n2C1CCC(=O)NC1=O. The molecule has 0 radical (unpaired) electrons. The molecule has 6 rings (SSSR count). The second-order valence-electron chi connectivity index (χ2n) is 12.6. The van der Waals surface area contributed by atoms with Crippen LogP contribution in [0.1, 0.15) is 68.0 Å². The minimum Gasteiger partial charge on any atom is -0.432 e. The Morgan fingerprint density at radius 2 is 1.75 bits per heavy atom. The average Bonchev–Trinajstić information content (AvgIpc) is 3.36. The number of benzene rings is 1. The molecule has 2 amide bonds. The van der Waals surface area contributed by atoms with E-state index in [0.717, 1.165) is 49.5 Å². The van der Waals surface area contributed by atoms with E-state index in [1.165, 1.54) is 8.87 Å². The second-order valence-corrected chi connectivity index (χ2v) is 14.7. The molecule has 3 aliphatic heterocycles. The molecule has 3 aliphatic rings. The summed E-state index contributed by atoms with van der Waals surface area (Å²) < 4.78 is 63.5. The van der Waals surface area contributed by atoms with Gasteiger partial charge < -0.3 is 19.4 Å². The molecule has 0 bridgehead atoms. The maximum atomic E-state index is 13.1. The molecule has 2 aromatic heterocycles. The smallest absolute Gasteiger partial charge is 0.420 e. The summed E-state index contributed by atoms with van der Waals surface area (Å²) in [7, 11) is -3.41. The summed E-state index contributed by atoms with van der Waals surface area (Å²) in [5.41, 5.74) is 3.05. The number of imide groups is 1. The maximum absolute atomic E-state index is 13.1. The third kappa shape index (κ3) is 7.68. The number of amides is 2. The topological polar surface area (TPSA) is 169 Å². The molecule has 260 valence electrons. The van der Waals surface area contributed by atoms with E-state index in [9.17, 15) is 31.6 Å². The fourth-order valence-corrected chi connectivity index (χ4v) is 8.47. The van der Waals surface area contributed by atoms with Crippen LogP contribution < -0.4 is 21.1 Å². The second kappa shape index (κ2) is 14.3. The zero-order valence-corrected chi connectivity index (χ0v) is 27.4. The van der Waals surface area contributed by atoms with Crippen molar-refractivity contribution in [2.45, 2.75) is 76.5 Å². The number of ether oxygens (including phenoxy) is 1. The van der Waals surface area contributed by atoms with E-state index in [1.807, 2.05) is 19.1 Å². The van der Waals surface area contributed by atoms with Crippen molar-refractivity contribution in [2.24, 2.45) is 0 Å². The number of halogens is 2. The Morgan fingerprint density at radius 3 is 2.42 bits per heavy atom. The standard InChI is InChI=1S/C31H39F2N7O7S/c1-19-15-25-26(47-31(43)40(25)24-3-4-27(41)37-28(24)42)16-23(19)20-5-10-38(11-6-20)9-2-14-48(44,45)39-12-7-21(8-13-39)36-30-34-17-22(18-35-30)46-29(32)33/h15-18,20-21,24,29H,2-14H2,1H3,(H,34,35,36)(H,37,41,42). The van der Waals surface area contributed by atoms with Crippen LogP contribution in [0.2, 0.25) is 0 Å². The normalized spacial score (nSPS) is 20.8. The van der Waals surface area contributed by atoms with Crippen molar-refractivity contribution in [1.82, 2.24) is 29.1 Å². The molecule has 1 unspecified atom stereocenters. The van der Waals surface area contributed by atoms with E-state index in [-0.39, 0.29) is 48.2 Å². The number of piperidine rings is 3. The molecule has 48 heavy (non-hydrogen) atoms. The van der Waals surface area contributed by atoms with Gasteiger partial charge in [-0.3, -0.25) is 19.5 Å². The number of nitrogens with one attached hydrogen (secondary N) is 2. The molecule has 2 N–H and O–H groups in total. The molecule has 0 saturated carbocycles. The van der Waals surface area contributed by atoms with Crippen LogP contribution in [0, 0.1) is 6.92 Å². The molecule has 17 heteroatoms. The average molecular weight is 692 g/mol. The van der Waals surface area contributed by atoms with Gasteiger partial charge in [-0.2, -0.15) is 8.78 Å². The van der Waals surface area contributed by atoms with Gasteiger partial charge >= 0.3 is 12.4 Å². The number of carbonyl (C=O) groups is 2. The molecular formula is C31H39F2N7O7S. The van der Waals surface area contributed by atoms with Crippen LogP contribution in [-0.2, 0) is 19.6 Å². The highest BCUT2D eigenvalue weighted by Gasteiger charge is 2.33. The van der Waals surface area contributed by atoms with Gasteiger partial charge in [0.2, 0.25) is 27.8 Å². The van der Waals surface area contributed by atoms with Crippen LogP contribution in [0.3, 0.4) is 0 Å². The van der Waals surface area contributed by atoms with Gasteiger partial charge in [0.15, 0.2) is 11.3 Å².